The Balaban J connectivity index is 1.56. The van der Waals surface area contributed by atoms with Crippen molar-refractivity contribution in [2.45, 2.75) is 18.9 Å². The first-order chi connectivity index (χ1) is 12.1. The van der Waals surface area contributed by atoms with Crippen molar-refractivity contribution in [2.75, 3.05) is 32.1 Å². The summed E-state index contributed by atoms with van der Waals surface area (Å²) in [7, 11) is 2.08. The predicted octanol–water partition coefficient (Wildman–Crippen LogP) is 3.40. The quantitative estimate of drug-likeness (QED) is 0.905. The third-order valence-electron chi connectivity index (χ3n) is 4.37. The highest BCUT2D eigenvalue weighted by molar-refractivity contribution is 5.90. The summed E-state index contributed by atoms with van der Waals surface area (Å²) >= 11 is 0. The van der Waals surface area contributed by atoms with Crippen molar-refractivity contribution in [3.8, 4) is 0 Å². The molecule has 1 unspecified atom stereocenters. The van der Waals surface area contributed by atoms with Crippen molar-refractivity contribution in [3.63, 3.8) is 0 Å². The molecule has 0 aliphatic carbocycles. The van der Waals surface area contributed by atoms with E-state index in [1.165, 1.54) is 12.1 Å². The number of halogens is 1. The third-order valence-corrected chi connectivity index (χ3v) is 4.37. The van der Waals surface area contributed by atoms with Gasteiger partial charge >= 0.3 is 0 Å². The van der Waals surface area contributed by atoms with Gasteiger partial charge in [0.1, 0.15) is 5.82 Å². The van der Waals surface area contributed by atoms with Crippen LogP contribution in [0.25, 0.3) is 0 Å². The summed E-state index contributed by atoms with van der Waals surface area (Å²) in [4.78, 5) is 14.4. The Morgan fingerprint density at radius 1 is 1.28 bits per heavy atom. The molecule has 0 aromatic heterocycles. The van der Waals surface area contributed by atoms with Crippen LogP contribution in [0, 0.1) is 5.82 Å². The number of likely N-dealkylation sites (N-methyl/N-ethyl adjacent to an activating group) is 1. The number of ether oxygens (including phenoxy) is 1. The van der Waals surface area contributed by atoms with Crippen LogP contribution in [0.2, 0.25) is 0 Å². The van der Waals surface area contributed by atoms with Crippen LogP contribution in [0.5, 0.6) is 0 Å². The number of morpholine rings is 1. The molecular weight excluding hydrogens is 319 g/mol. The highest BCUT2D eigenvalue weighted by Gasteiger charge is 2.19. The highest BCUT2D eigenvalue weighted by atomic mass is 19.1. The van der Waals surface area contributed by atoms with Crippen molar-refractivity contribution in [1.29, 1.82) is 0 Å². The van der Waals surface area contributed by atoms with Crippen molar-refractivity contribution < 1.29 is 13.9 Å². The Kier molecular flexibility index (Phi) is 5.79. The molecule has 1 atom stereocenters. The number of hydrogen-bond donors (Lipinski definition) is 1. The summed E-state index contributed by atoms with van der Waals surface area (Å²) in [5.41, 5.74) is 2.80. The summed E-state index contributed by atoms with van der Waals surface area (Å²) in [5, 5.41) is 2.93. The second-order valence-electron chi connectivity index (χ2n) is 6.42. The van der Waals surface area contributed by atoms with Crippen LogP contribution >= 0.6 is 0 Å². The molecule has 0 spiro atoms. The van der Waals surface area contributed by atoms with E-state index in [4.69, 9.17) is 4.74 Å². The minimum Gasteiger partial charge on any atom is -0.371 e. The number of carbonyl (C=O) groups is 1. The lowest BCUT2D eigenvalue weighted by Gasteiger charge is -2.30. The Morgan fingerprint density at radius 2 is 2.08 bits per heavy atom. The van der Waals surface area contributed by atoms with E-state index < -0.39 is 0 Å². The van der Waals surface area contributed by atoms with E-state index in [1.807, 2.05) is 24.3 Å². The molecule has 0 saturated carbocycles. The van der Waals surface area contributed by atoms with Crippen LogP contribution in [0.15, 0.2) is 48.5 Å². The second kappa shape index (κ2) is 8.23. The molecule has 2 aromatic rings. The molecule has 2 aromatic carbocycles. The van der Waals surface area contributed by atoms with Gasteiger partial charge in [-0.05, 0) is 48.9 Å². The Hall–Kier alpha value is -2.24. The molecule has 1 fully saturated rings. The number of aryl methyl sites for hydroxylation is 1. The Bertz CT molecular complexity index is 718. The molecule has 1 heterocycles. The smallest absolute Gasteiger partial charge is 0.224 e. The van der Waals surface area contributed by atoms with Crippen LogP contribution in [0.3, 0.4) is 0 Å². The molecule has 5 heteroatoms. The van der Waals surface area contributed by atoms with Crippen LogP contribution in [-0.4, -0.2) is 37.6 Å². The minimum absolute atomic E-state index is 0.0369. The first kappa shape index (κ1) is 17.6. The van der Waals surface area contributed by atoms with E-state index in [9.17, 15) is 9.18 Å². The molecular formula is C20H23FN2O2. The van der Waals surface area contributed by atoms with Gasteiger partial charge in [-0.3, -0.25) is 4.79 Å². The van der Waals surface area contributed by atoms with Crippen molar-refractivity contribution in [1.82, 2.24) is 4.90 Å². The zero-order valence-corrected chi connectivity index (χ0v) is 14.4. The zero-order valence-electron chi connectivity index (χ0n) is 14.4. The number of nitrogens with zero attached hydrogens (tertiary/aromatic N) is 1. The fourth-order valence-corrected chi connectivity index (χ4v) is 2.93. The van der Waals surface area contributed by atoms with Gasteiger partial charge in [0.25, 0.3) is 0 Å². The maximum Gasteiger partial charge on any atom is 0.224 e. The molecule has 25 heavy (non-hydrogen) atoms. The summed E-state index contributed by atoms with van der Waals surface area (Å²) in [5.74, 6) is -0.316. The van der Waals surface area contributed by atoms with E-state index in [2.05, 4.69) is 17.3 Å². The topological polar surface area (TPSA) is 41.6 Å². The molecule has 1 saturated heterocycles. The van der Waals surface area contributed by atoms with Crippen LogP contribution in [-0.2, 0) is 16.0 Å². The molecule has 3 rings (SSSR count). The molecule has 132 valence electrons. The molecule has 1 N–H and O–H groups in total. The van der Waals surface area contributed by atoms with Crippen LogP contribution in [0.1, 0.15) is 23.7 Å². The monoisotopic (exact) mass is 342 g/mol. The van der Waals surface area contributed by atoms with Crippen LogP contribution < -0.4 is 5.32 Å². The zero-order chi connectivity index (χ0) is 17.6. The summed E-state index contributed by atoms with van der Waals surface area (Å²) < 4.78 is 18.7. The first-order valence-electron chi connectivity index (χ1n) is 8.54. The lowest BCUT2D eigenvalue weighted by Crippen LogP contribution is -2.35. The first-order valence-corrected chi connectivity index (χ1v) is 8.54. The Morgan fingerprint density at radius 3 is 2.84 bits per heavy atom. The average molecular weight is 342 g/mol. The van der Waals surface area contributed by atoms with Crippen LogP contribution in [0.4, 0.5) is 10.1 Å². The summed E-state index contributed by atoms with van der Waals surface area (Å²) in [6, 6.07) is 14.1. The number of hydrogen-bond acceptors (Lipinski definition) is 3. The number of carbonyl (C=O) groups excluding carboxylic acids is 1. The average Bonchev–Trinajstić information content (AvgIpc) is 2.61. The lowest BCUT2D eigenvalue weighted by molar-refractivity contribution is -0.116. The van der Waals surface area contributed by atoms with E-state index >= 15 is 0 Å². The summed E-state index contributed by atoms with van der Waals surface area (Å²) in [6.45, 7) is 2.51. The van der Waals surface area contributed by atoms with Gasteiger partial charge in [-0.1, -0.05) is 24.3 Å². The molecule has 1 aliphatic rings. The van der Waals surface area contributed by atoms with Gasteiger partial charge in [0.05, 0.1) is 12.7 Å². The molecule has 0 radical (unpaired) electrons. The molecule has 1 aliphatic heterocycles. The Labute approximate surface area is 147 Å². The number of rotatable bonds is 5. The van der Waals surface area contributed by atoms with Gasteiger partial charge in [-0.15, -0.1) is 0 Å². The van der Waals surface area contributed by atoms with E-state index in [0.29, 0.717) is 12.8 Å². The lowest BCUT2D eigenvalue weighted by atomic mass is 10.1. The number of benzene rings is 2. The second-order valence-corrected chi connectivity index (χ2v) is 6.42. The normalized spacial score (nSPS) is 18.1. The molecule has 4 nitrogen and oxygen atoms in total. The maximum atomic E-state index is 12.9. The van der Waals surface area contributed by atoms with Gasteiger partial charge in [0, 0.05) is 25.2 Å². The SMILES string of the molecule is CN1CCOC(c2cccc(NC(=O)CCc3ccc(F)cc3)c2)C1. The van der Waals surface area contributed by atoms with E-state index in [-0.39, 0.29) is 17.8 Å². The standard InChI is InChI=1S/C20H23FN2O2/c1-23-11-12-25-19(14-23)16-3-2-4-18(13-16)22-20(24)10-7-15-5-8-17(21)9-6-15/h2-6,8-9,13,19H,7,10-12,14H2,1H3,(H,22,24). The van der Waals surface area contributed by atoms with Gasteiger partial charge in [-0.2, -0.15) is 0 Å². The minimum atomic E-state index is -0.263. The summed E-state index contributed by atoms with van der Waals surface area (Å²) in [6.07, 6.45) is 0.982. The van der Waals surface area contributed by atoms with Gasteiger partial charge in [0.15, 0.2) is 0 Å². The van der Waals surface area contributed by atoms with Crippen molar-refractivity contribution in [3.05, 3.63) is 65.5 Å². The van der Waals surface area contributed by atoms with Gasteiger partial charge in [-0.25, -0.2) is 4.39 Å². The predicted molar refractivity (Wildman–Crippen MR) is 96.0 cm³/mol. The fourth-order valence-electron chi connectivity index (χ4n) is 2.93. The van der Waals surface area contributed by atoms with Crippen molar-refractivity contribution >= 4 is 11.6 Å². The highest BCUT2D eigenvalue weighted by Crippen LogP contribution is 2.24. The number of anilines is 1. The maximum absolute atomic E-state index is 12.9. The molecule has 0 bridgehead atoms. The fraction of sp³-hybridized carbons (Fsp3) is 0.350. The molecule has 1 amide bonds. The third kappa shape index (κ3) is 5.11. The van der Waals surface area contributed by atoms with Crippen molar-refractivity contribution in [2.24, 2.45) is 0 Å². The van der Waals surface area contributed by atoms with Gasteiger partial charge in [0.2, 0.25) is 5.91 Å². The number of nitrogens with one attached hydrogen (secondary N) is 1. The largest absolute Gasteiger partial charge is 0.371 e. The number of amides is 1. The van der Waals surface area contributed by atoms with E-state index in [0.717, 1.165) is 36.5 Å². The van der Waals surface area contributed by atoms with E-state index in [1.54, 1.807) is 12.1 Å². The van der Waals surface area contributed by atoms with Gasteiger partial charge < -0.3 is 15.0 Å².